The van der Waals surface area contributed by atoms with Crippen LogP contribution in [0.1, 0.15) is 5.56 Å². The Morgan fingerprint density at radius 3 is 2.39 bits per heavy atom. The molecular weight excluding hydrogens is 272 g/mol. The van der Waals surface area contributed by atoms with E-state index in [1.807, 2.05) is 12.1 Å². The highest BCUT2D eigenvalue weighted by Gasteiger charge is 2.13. The predicted molar refractivity (Wildman–Crippen MR) is 74.6 cm³/mol. The number of halogens is 3. The van der Waals surface area contributed by atoms with Crippen LogP contribution in [0.25, 0.3) is 11.1 Å². The van der Waals surface area contributed by atoms with Crippen molar-refractivity contribution in [3.05, 3.63) is 57.8 Å². The molecule has 0 radical (unpaired) electrons. The van der Waals surface area contributed by atoms with Crippen molar-refractivity contribution in [1.29, 1.82) is 0 Å². The smallest absolute Gasteiger partial charge is 0.127 e. The second-order valence-corrected chi connectivity index (χ2v) is 4.69. The molecule has 4 heteroatoms. The molecule has 0 aliphatic heterocycles. The predicted octanol–water partition coefficient (Wildman–Crippen LogP) is 4.30. The number of nitrogens with two attached hydrogens (primary N) is 1. The fourth-order valence-electron chi connectivity index (χ4n) is 1.92. The van der Waals surface area contributed by atoms with Gasteiger partial charge in [-0.05, 0) is 36.2 Å². The maximum Gasteiger partial charge on any atom is 0.127 e. The summed E-state index contributed by atoms with van der Waals surface area (Å²) in [5.74, 6) is -0.269. The van der Waals surface area contributed by atoms with E-state index >= 15 is 0 Å². The zero-order valence-electron chi connectivity index (χ0n) is 9.59. The van der Waals surface area contributed by atoms with Crippen molar-refractivity contribution in [3.63, 3.8) is 0 Å². The van der Waals surface area contributed by atoms with Crippen LogP contribution >= 0.6 is 23.2 Å². The molecule has 1 nitrogen and oxygen atoms in total. The lowest BCUT2D eigenvalue weighted by molar-refractivity contribution is 0.610. The second kappa shape index (κ2) is 5.70. The van der Waals surface area contributed by atoms with Gasteiger partial charge in [-0.3, -0.25) is 0 Å². The van der Waals surface area contributed by atoms with Gasteiger partial charge in [-0.2, -0.15) is 0 Å². The third kappa shape index (κ3) is 2.51. The highest BCUT2D eigenvalue weighted by Crippen LogP contribution is 2.35. The molecule has 0 saturated heterocycles. The largest absolute Gasteiger partial charge is 0.330 e. The van der Waals surface area contributed by atoms with Gasteiger partial charge in [0, 0.05) is 5.56 Å². The van der Waals surface area contributed by atoms with Crippen molar-refractivity contribution >= 4 is 23.2 Å². The van der Waals surface area contributed by atoms with Crippen LogP contribution in [0.5, 0.6) is 0 Å². The summed E-state index contributed by atoms with van der Waals surface area (Å²) < 4.78 is 13.8. The van der Waals surface area contributed by atoms with Gasteiger partial charge in [0.1, 0.15) is 5.82 Å². The highest BCUT2D eigenvalue weighted by molar-refractivity contribution is 6.43. The van der Waals surface area contributed by atoms with E-state index < -0.39 is 0 Å². The standard InChI is InChI=1S/C14H12Cl2FN/c15-12-5-1-4-11(14(12)16)9-3-2-6-13(17)10(9)7-8-18/h1-6H,7-8,18H2. The van der Waals surface area contributed by atoms with Crippen LogP contribution in [0.2, 0.25) is 10.0 Å². The van der Waals surface area contributed by atoms with E-state index in [-0.39, 0.29) is 5.82 Å². The maximum absolute atomic E-state index is 13.8. The minimum Gasteiger partial charge on any atom is -0.330 e. The van der Waals surface area contributed by atoms with Crippen LogP contribution < -0.4 is 5.73 Å². The monoisotopic (exact) mass is 283 g/mol. The van der Waals surface area contributed by atoms with Gasteiger partial charge in [-0.1, -0.05) is 47.5 Å². The molecule has 2 N–H and O–H groups in total. The SMILES string of the molecule is NCCc1c(F)cccc1-c1cccc(Cl)c1Cl. The Kier molecular flexibility index (Phi) is 4.23. The van der Waals surface area contributed by atoms with Gasteiger partial charge in [-0.25, -0.2) is 4.39 Å². The van der Waals surface area contributed by atoms with E-state index in [0.717, 1.165) is 11.1 Å². The molecule has 0 unspecified atom stereocenters. The van der Waals surface area contributed by atoms with E-state index in [1.165, 1.54) is 6.07 Å². The molecular formula is C14H12Cl2FN. The van der Waals surface area contributed by atoms with Crippen LogP contribution in [0.15, 0.2) is 36.4 Å². The average Bonchev–Trinajstić information content (AvgIpc) is 2.36. The normalized spacial score (nSPS) is 10.7. The number of hydrogen-bond acceptors (Lipinski definition) is 1. The molecule has 0 aliphatic rings. The first kappa shape index (κ1) is 13.3. The van der Waals surface area contributed by atoms with Gasteiger partial charge in [-0.15, -0.1) is 0 Å². The summed E-state index contributed by atoms with van der Waals surface area (Å²) in [5, 5.41) is 0.889. The maximum atomic E-state index is 13.8. The Bertz CT molecular complexity index is 570. The lowest BCUT2D eigenvalue weighted by Crippen LogP contribution is -2.06. The molecule has 2 rings (SSSR count). The molecule has 2 aromatic carbocycles. The van der Waals surface area contributed by atoms with Crippen molar-refractivity contribution in [3.8, 4) is 11.1 Å². The fourth-order valence-corrected chi connectivity index (χ4v) is 2.32. The molecule has 18 heavy (non-hydrogen) atoms. The molecule has 0 atom stereocenters. The van der Waals surface area contributed by atoms with E-state index in [0.29, 0.717) is 28.6 Å². The average molecular weight is 284 g/mol. The van der Waals surface area contributed by atoms with Crippen molar-refractivity contribution in [2.75, 3.05) is 6.54 Å². The summed E-state index contributed by atoms with van der Waals surface area (Å²) in [6.45, 7) is 0.381. The minimum absolute atomic E-state index is 0.269. The zero-order chi connectivity index (χ0) is 13.1. The molecule has 0 saturated carbocycles. The molecule has 0 spiro atoms. The van der Waals surface area contributed by atoms with E-state index in [4.69, 9.17) is 28.9 Å². The second-order valence-electron chi connectivity index (χ2n) is 3.91. The van der Waals surface area contributed by atoms with Crippen molar-refractivity contribution < 1.29 is 4.39 Å². The third-order valence-electron chi connectivity index (χ3n) is 2.75. The molecule has 0 aromatic heterocycles. The Labute approximate surface area is 115 Å². The first-order chi connectivity index (χ1) is 8.65. The molecule has 2 aromatic rings. The lowest BCUT2D eigenvalue weighted by Gasteiger charge is -2.12. The summed E-state index contributed by atoms with van der Waals surface area (Å²) >= 11 is 12.1. The van der Waals surface area contributed by atoms with Crippen LogP contribution in [-0.2, 0) is 6.42 Å². The summed E-state index contributed by atoms with van der Waals surface area (Å²) in [4.78, 5) is 0. The summed E-state index contributed by atoms with van der Waals surface area (Å²) in [6, 6.07) is 10.2. The van der Waals surface area contributed by atoms with E-state index in [2.05, 4.69) is 0 Å². The molecule has 0 bridgehead atoms. The van der Waals surface area contributed by atoms with Crippen LogP contribution in [0.4, 0.5) is 4.39 Å². The topological polar surface area (TPSA) is 26.0 Å². The Morgan fingerprint density at radius 2 is 1.67 bits per heavy atom. The number of hydrogen-bond donors (Lipinski definition) is 1. The third-order valence-corrected chi connectivity index (χ3v) is 3.57. The Hall–Kier alpha value is -1.09. The summed E-state index contributed by atoms with van der Waals surface area (Å²) in [7, 11) is 0. The van der Waals surface area contributed by atoms with Crippen molar-refractivity contribution in [1.82, 2.24) is 0 Å². The molecule has 0 amide bonds. The van der Waals surface area contributed by atoms with Gasteiger partial charge >= 0.3 is 0 Å². The minimum atomic E-state index is -0.269. The van der Waals surface area contributed by atoms with Crippen LogP contribution in [0.3, 0.4) is 0 Å². The first-order valence-electron chi connectivity index (χ1n) is 5.57. The van der Waals surface area contributed by atoms with Crippen LogP contribution in [-0.4, -0.2) is 6.54 Å². The van der Waals surface area contributed by atoms with Crippen molar-refractivity contribution in [2.45, 2.75) is 6.42 Å². The van der Waals surface area contributed by atoms with Gasteiger partial charge in [0.25, 0.3) is 0 Å². The van der Waals surface area contributed by atoms with Gasteiger partial charge < -0.3 is 5.73 Å². The van der Waals surface area contributed by atoms with E-state index in [9.17, 15) is 4.39 Å². The summed E-state index contributed by atoms with van der Waals surface area (Å²) in [6.07, 6.45) is 0.463. The summed E-state index contributed by atoms with van der Waals surface area (Å²) in [5.41, 5.74) is 7.56. The molecule has 0 heterocycles. The van der Waals surface area contributed by atoms with E-state index in [1.54, 1.807) is 18.2 Å². The van der Waals surface area contributed by atoms with Crippen LogP contribution in [0, 0.1) is 5.82 Å². The van der Waals surface area contributed by atoms with Gasteiger partial charge in [0.05, 0.1) is 10.0 Å². The van der Waals surface area contributed by atoms with Crippen molar-refractivity contribution in [2.24, 2.45) is 5.73 Å². The Morgan fingerprint density at radius 1 is 1.00 bits per heavy atom. The fraction of sp³-hybridized carbons (Fsp3) is 0.143. The zero-order valence-corrected chi connectivity index (χ0v) is 11.1. The lowest BCUT2D eigenvalue weighted by atomic mass is 9.97. The highest BCUT2D eigenvalue weighted by atomic mass is 35.5. The molecule has 0 fully saturated rings. The quantitative estimate of drug-likeness (QED) is 0.893. The molecule has 0 aliphatic carbocycles. The number of rotatable bonds is 3. The Balaban J connectivity index is 2.63. The number of benzene rings is 2. The van der Waals surface area contributed by atoms with Gasteiger partial charge in [0.2, 0.25) is 0 Å². The first-order valence-corrected chi connectivity index (χ1v) is 6.32. The van der Waals surface area contributed by atoms with Gasteiger partial charge in [0.15, 0.2) is 0 Å². The molecule has 94 valence electrons.